The molecule has 1 aromatic rings. The Hall–Kier alpha value is -0.610. The molecule has 0 bridgehead atoms. The van der Waals surface area contributed by atoms with Gasteiger partial charge in [0.05, 0.1) is 19.3 Å². The first kappa shape index (κ1) is 14.8. The Morgan fingerprint density at radius 2 is 1.89 bits per heavy atom. The average molecular weight is 285 g/mol. The molecule has 0 amide bonds. The van der Waals surface area contributed by atoms with E-state index in [-0.39, 0.29) is 19.3 Å². The molecule has 3 nitrogen and oxygen atoms in total. The van der Waals surface area contributed by atoms with Gasteiger partial charge in [0, 0.05) is 17.0 Å². The number of rotatable bonds is 6. The van der Waals surface area contributed by atoms with E-state index in [1.54, 1.807) is 12.1 Å². The number of benzene rings is 1. The van der Waals surface area contributed by atoms with Gasteiger partial charge in [0.25, 0.3) is 0 Å². The maximum atomic E-state index is 9.74. The van der Waals surface area contributed by atoms with Gasteiger partial charge >= 0.3 is 0 Å². The molecule has 1 heterocycles. The van der Waals surface area contributed by atoms with Crippen LogP contribution in [0.4, 0.5) is 0 Å². The molecule has 1 atom stereocenters. The number of aliphatic hydroxyl groups excluding tert-OH is 2. The lowest BCUT2D eigenvalue weighted by Gasteiger charge is -2.31. The van der Waals surface area contributed by atoms with Crippen molar-refractivity contribution in [3.05, 3.63) is 34.9 Å². The van der Waals surface area contributed by atoms with E-state index in [1.807, 2.05) is 12.1 Å². The van der Waals surface area contributed by atoms with Crippen LogP contribution < -0.4 is 0 Å². The molecule has 2 N–H and O–H groups in total. The number of halogens is 1. The Labute approximate surface area is 119 Å². The molecule has 1 aliphatic heterocycles. The summed E-state index contributed by atoms with van der Waals surface area (Å²) in [6.45, 7) is 0.687. The molecule has 1 aromatic carbocycles. The van der Waals surface area contributed by atoms with E-state index in [2.05, 4.69) is 0 Å². The maximum Gasteiger partial charge on any atom is 0.0576 e. The van der Waals surface area contributed by atoms with Crippen LogP contribution in [0.5, 0.6) is 0 Å². The van der Waals surface area contributed by atoms with Crippen LogP contribution in [0, 0.1) is 0 Å². The van der Waals surface area contributed by atoms with E-state index in [0.29, 0.717) is 11.4 Å². The minimum Gasteiger partial charge on any atom is -0.395 e. The summed E-state index contributed by atoms with van der Waals surface area (Å²) in [6.07, 6.45) is 4.03. The lowest BCUT2D eigenvalue weighted by atomic mass is 9.77. The fraction of sp³-hybridized carbons (Fsp3) is 0.600. The summed E-state index contributed by atoms with van der Waals surface area (Å²) in [5.41, 5.74) is 0.330. The van der Waals surface area contributed by atoms with Gasteiger partial charge in [0.1, 0.15) is 0 Å². The van der Waals surface area contributed by atoms with E-state index < -0.39 is 5.41 Å². The zero-order valence-electron chi connectivity index (χ0n) is 11.0. The van der Waals surface area contributed by atoms with Gasteiger partial charge in [-0.15, -0.1) is 0 Å². The van der Waals surface area contributed by atoms with Crippen LogP contribution in [0.15, 0.2) is 24.3 Å². The summed E-state index contributed by atoms with van der Waals surface area (Å²) in [5, 5.41) is 20.1. The maximum absolute atomic E-state index is 9.74. The molecule has 0 spiro atoms. The summed E-state index contributed by atoms with van der Waals surface area (Å²) < 4.78 is 5.61. The van der Waals surface area contributed by atoms with Crippen molar-refractivity contribution in [3.8, 4) is 0 Å². The predicted molar refractivity (Wildman–Crippen MR) is 75.5 cm³/mol. The van der Waals surface area contributed by atoms with Crippen LogP contribution in [0.2, 0.25) is 5.02 Å². The molecule has 0 saturated carbocycles. The van der Waals surface area contributed by atoms with Gasteiger partial charge < -0.3 is 14.9 Å². The SMILES string of the molecule is OCC(CO)(CCC1CCCO1)c1ccc(Cl)cc1. The monoisotopic (exact) mass is 284 g/mol. The highest BCUT2D eigenvalue weighted by atomic mass is 35.5. The van der Waals surface area contributed by atoms with Gasteiger partial charge in [-0.05, 0) is 43.4 Å². The van der Waals surface area contributed by atoms with Crippen molar-refractivity contribution in [1.82, 2.24) is 0 Å². The fourth-order valence-electron chi connectivity index (χ4n) is 2.65. The molecule has 1 fully saturated rings. The smallest absolute Gasteiger partial charge is 0.0576 e. The van der Waals surface area contributed by atoms with Crippen molar-refractivity contribution in [3.63, 3.8) is 0 Å². The summed E-state index contributed by atoms with van der Waals surface area (Å²) >= 11 is 5.88. The first-order valence-electron chi connectivity index (χ1n) is 6.79. The van der Waals surface area contributed by atoms with E-state index in [0.717, 1.165) is 31.4 Å². The molecule has 2 rings (SSSR count). The molecule has 106 valence electrons. The third-order valence-electron chi connectivity index (χ3n) is 4.03. The van der Waals surface area contributed by atoms with Crippen LogP contribution in [0.1, 0.15) is 31.2 Å². The number of ether oxygens (including phenoxy) is 1. The fourth-order valence-corrected chi connectivity index (χ4v) is 2.77. The number of aliphatic hydroxyl groups is 2. The standard InChI is InChI=1S/C15H21ClO3/c16-13-5-3-12(4-6-13)15(10-17,11-18)8-7-14-2-1-9-19-14/h3-6,14,17-18H,1-2,7-11H2. The van der Waals surface area contributed by atoms with E-state index in [1.165, 1.54) is 0 Å². The first-order chi connectivity index (χ1) is 9.20. The topological polar surface area (TPSA) is 49.7 Å². The third-order valence-corrected chi connectivity index (χ3v) is 4.28. The van der Waals surface area contributed by atoms with Gasteiger partial charge in [-0.1, -0.05) is 23.7 Å². The average Bonchev–Trinajstić information content (AvgIpc) is 2.95. The molecule has 1 saturated heterocycles. The quantitative estimate of drug-likeness (QED) is 0.844. The highest BCUT2D eigenvalue weighted by molar-refractivity contribution is 6.30. The Morgan fingerprint density at radius 3 is 2.42 bits per heavy atom. The normalized spacial score (nSPS) is 19.8. The molecule has 1 unspecified atom stereocenters. The third kappa shape index (κ3) is 3.48. The molecule has 0 radical (unpaired) electrons. The van der Waals surface area contributed by atoms with Gasteiger partial charge in [0.2, 0.25) is 0 Å². The molecule has 0 aliphatic carbocycles. The van der Waals surface area contributed by atoms with Crippen molar-refractivity contribution < 1.29 is 14.9 Å². The highest BCUT2D eigenvalue weighted by Crippen LogP contribution is 2.32. The molecule has 4 heteroatoms. The summed E-state index contributed by atoms with van der Waals surface area (Å²) in [6, 6.07) is 7.35. The zero-order chi connectivity index (χ0) is 13.7. The van der Waals surface area contributed by atoms with E-state index in [9.17, 15) is 10.2 Å². The molecule has 19 heavy (non-hydrogen) atoms. The van der Waals surface area contributed by atoms with Crippen LogP contribution >= 0.6 is 11.6 Å². The van der Waals surface area contributed by atoms with Crippen molar-refractivity contribution >= 4 is 11.6 Å². The number of hydrogen-bond donors (Lipinski definition) is 2. The largest absolute Gasteiger partial charge is 0.395 e. The first-order valence-corrected chi connectivity index (χ1v) is 7.17. The Balaban J connectivity index is 2.09. The minimum absolute atomic E-state index is 0.0716. The Morgan fingerprint density at radius 1 is 1.21 bits per heavy atom. The number of hydrogen-bond acceptors (Lipinski definition) is 3. The lowest BCUT2D eigenvalue weighted by molar-refractivity contribution is 0.0684. The molecular formula is C15H21ClO3. The molecule has 1 aliphatic rings. The summed E-state index contributed by atoms with van der Waals surface area (Å²) in [5.74, 6) is 0. The van der Waals surface area contributed by atoms with Gasteiger partial charge in [-0.2, -0.15) is 0 Å². The van der Waals surface area contributed by atoms with Crippen molar-refractivity contribution in [2.24, 2.45) is 0 Å². The second-order valence-electron chi connectivity index (χ2n) is 5.28. The lowest BCUT2D eigenvalue weighted by Crippen LogP contribution is -2.35. The Bertz CT molecular complexity index is 381. The predicted octanol–water partition coefficient (Wildman–Crippen LogP) is 2.52. The highest BCUT2D eigenvalue weighted by Gasteiger charge is 2.32. The van der Waals surface area contributed by atoms with Crippen molar-refractivity contribution in [2.75, 3.05) is 19.8 Å². The van der Waals surface area contributed by atoms with Gasteiger partial charge in [0.15, 0.2) is 0 Å². The van der Waals surface area contributed by atoms with Crippen LogP contribution in [-0.4, -0.2) is 36.1 Å². The van der Waals surface area contributed by atoms with Gasteiger partial charge in [-0.3, -0.25) is 0 Å². The van der Waals surface area contributed by atoms with Crippen LogP contribution in [0.3, 0.4) is 0 Å². The second kappa shape index (κ2) is 6.71. The van der Waals surface area contributed by atoms with E-state index in [4.69, 9.17) is 16.3 Å². The molecule has 0 aromatic heterocycles. The second-order valence-corrected chi connectivity index (χ2v) is 5.71. The van der Waals surface area contributed by atoms with Crippen molar-refractivity contribution in [1.29, 1.82) is 0 Å². The van der Waals surface area contributed by atoms with Gasteiger partial charge in [-0.25, -0.2) is 0 Å². The summed E-state index contributed by atoms with van der Waals surface area (Å²) in [7, 11) is 0. The Kier molecular flexibility index (Phi) is 5.22. The van der Waals surface area contributed by atoms with E-state index >= 15 is 0 Å². The zero-order valence-corrected chi connectivity index (χ0v) is 11.8. The minimum atomic E-state index is -0.601. The van der Waals surface area contributed by atoms with Crippen LogP contribution in [0.25, 0.3) is 0 Å². The van der Waals surface area contributed by atoms with Crippen LogP contribution in [-0.2, 0) is 10.2 Å². The summed E-state index contributed by atoms with van der Waals surface area (Å²) in [4.78, 5) is 0. The van der Waals surface area contributed by atoms with Crippen molar-refractivity contribution in [2.45, 2.75) is 37.2 Å². The molecular weight excluding hydrogens is 264 g/mol.